The molecule has 1 fully saturated rings. The van der Waals surface area contributed by atoms with E-state index in [0.29, 0.717) is 12.2 Å². The summed E-state index contributed by atoms with van der Waals surface area (Å²) in [5.41, 5.74) is 1.59. The fourth-order valence-corrected chi connectivity index (χ4v) is 3.65. The zero-order valence-corrected chi connectivity index (χ0v) is 14.9. The van der Waals surface area contributed by atoms with Crippen LogP contribution in [0.1, 0.15) is 28.4 Å². The second-order valence-corrected chi connectivity index (χ2v) is 6.49. The van der Waals surface area contributed by atoms with Crippen LogP contribution in [0.3, 0.4) is 0 Å². The monoisotopic (exact) mass is 347 g/mol. The van der Waals surface area contributed by atoms with Crippen molar-refractivity contribution in [2.45, 2.75) is 12.3 Å². The smallest absolute Gasteiger partial charge is 0.273 e. The average molecular weight is 347 g/mol. The molecule has 2 aromatic rings. The normalized spacial score (nSPS) is 17.0. The Morgan fingerprint density at radius 1 is 1.38 bits per heavy atom. The van der Waals surface area contributed by atoms with Crippen LogP contribution in [-0.4, -0.2) is 50.1 Å². The Morgan fingerprint density at radius 3 is 2.88 bits per heavy atom. The molecule has 1 atom stereocenters. The molecule has 0 spiro atoms. The number of anilines is 1. The number of nitrogens with zero attached hydrogens (tertiary/aromatic N) is 2. The summed E-state index contributed by atoms with van der Waals surface area (Å²) in [7, 11) is 5.11. The summed E-state index contributed by atoms with van der Waals surface area (Å²) in [5.74, 6) is 1.86. The Labute approximate surface area is 145 Å². The lowest BCUT2D eigenvalue weighted by atomic mass is 9.97. The number of aromatic nitrogens is 1. The predicted molar refractivity (Wildman–Crippen MR) is 94.5 cm³/mol. The van der Waals surface area contributed by atoms with Gasteiger partial charge in [-0.3, -0.25) is 4.79 Å². The molecule has 1 unspecified atom stereocenters. The number of benzene rings is 1. The summed E-state index contributed by atoms with van der Waals surface area (Å²) in [6.07, 6.45) is 0.901. The van der Waals surface area contributed by atoms with Gasteiger partial charge in [-0.2, -0.15) is 0 Å². The molecule has 1 aliphatic rings. The van der Waals surface area contributed by atoms with Crippen molar-refractivity contribution in [1.82, 2.24) is 9.88 Å². The average Bonchev–Trinajstić information content (AvgIpc) is 3.29. The number of carbonyl (C=O) groups is 1. The number of hydrogen-bond donors (Lipinski definition) is 1. The van der Waals surface area contributed by atoms with Crippen molar-refractivity contribution in [2.24, 2.45) is 0 Å². The first-order valence-electron chi connectivity index (χ1n) is 7.80. The maximum atomic E-state index is 12.6. The van der Waals surface area contributed by atoms with Crippen LogP contribution in [0.2, 0.25) is 0 Å². The third-order valence-electron chi connectivity index (χ3n) is 4.29. The van der Waals surface area contributed by atoms with Crippen LogP contribution in [0, 0.1) is 0 Å². The number of rotatable bonds is 5. The lowest BCUT2D eigenvalue weighted by Gasteiger charge is -2.17. The first-order valence-corrected chi connectivity index (χ1v) is 8.68. The van der Waals surface area contributed by atoms with Crippen molar-refractivity contribution in [3.63, 3.8) is 0 Å². The molecule has 0 bridgehead atoms. The SMILES string of the molecule is CNc1nc(C(=O)N2CCC(c3cc(OC)ccc3OC)C2)cs1. The van der Waals surface area contributed by atoms with Crippen molar-refractivity contribution in [3.8, 4) is 11.5 Å². The zero-order chi connectivity index (χ0) is 17.1. The molecule has 1 aliphatic heterocycles. The van der Waals surface area contributed by atoms with Gasteiger partial charge in [0.25, 0.3) is 5.91 Å². The summed E-state index contributed by atoms with van der Waals surface area (Å²) in [6, 6.07) is 5.80. The van der Waals surface area contributed by atoms with Gasteiger partial charge >= 0.3 is 0 Å². The lowest BCUT2D eigenvalue weighted by molar-refractivity contribution is 0.0786. The van der Waals surface area contributed by atoms with Gasteiger partial charge in [-0.25, -0.2) is 4.98 Å². The van der Waals surface area contributed by atoms with Gasteiger partial charge in [0.1, 0.15) is 17.2 Å². The third-order valence-corrected chi connectivity index (χ3v) is 5.15. The van der Waals surface area contributed by atoms with Crippen LogP contribution in [0.15, 0.2) is 23.6 Å². The number of ether oxygens (including phenoxy) is 2. The molecule has 1 amide bonds. The highest BCUT2D eigenvalue weighted by atomic mass is 32.1. The van der Waals surface area contributed by atoms with Gasteiger partial charge in [0.2, 0.25) is 0 Å². The van der Waals surface area contributed by atoms with Crippen molar-refractivity contribution in [1.29, 1.82) is 0 Å². The van der Waals surface area contributed by atoms with E-state index < -0.39 is 0 Å². The Kier molecular flexibility index (Phi) is 4.89. The summed E-state index contributed by atoms with van der Waals surface area (Å²) in [5, 5.41) is 5.51. The van der Waals surface area contributed by atoms with E-state index in [1.807, 2.05) is 23.1 Å². The van der Waals surface area contributed by atoms with Gasteiger partial charge in [-0.1, -0.05) is 0 Å². The number of nitrogens with one attached hydrogen (secondary N) is 1. The van der Waals surface area contributed by atoms with E-state index in [1.54, 1.807) is 26.6 Å². The maximum Gasteiger partial charge on any atom is 0.273 e. The molecule has 1 N–H and O–H groups in total. The molecular weight excluding hydrogens is 326 g/mol. The quantitative estimate of drug-likeness (QED) is 0.901. The van der Waals surface area contributed by atoms with Gasteiger partial charge in [-0.05, 0) is 24.6 Å². The van der Waals surface area contributed by atoms with Crippen LogP contribution in [-0.2, 0) is 0 Å². The van der Waals surface area contributed by atoms with Crippen molar-refractivity contribution >= 4 is 22.4 Å². The number of hydrogen-bond acceptors (Lipinski definition) is 6. The second-order valence-electron chi connectivity index (χ2n) is 5.63. The van der Waals surface area contributed by atoms with E-state index in [0.717, 1.165) is 35.2 Å². The van der Waals surface area contributed by atoms with E-state index in [2.05, 4.69) is 10.3 Å². The summed E-state index contributed by atoms with van der Waals surface area (Å²) >= 11 is 1.44. The Balaban J connectivity index is 1.76. The highest BCUT2D eigenvalue weighted by Gasteiger charge is 2.30. The largest absolute Gasteiger partial charge is 0.497 e. The van der Waals surface area contributed by atoms with Crippen LogP contribution in [0.5, 0.6) is 11.5 Å². The van der Waals surface area contributed by atoms with E-state index in [9.17, 15) is 4.79 Å². The van der Waals surface area contributed by atoms with Gasteiger partial charge in [0.15, 0.2) is 5.13 Å². The van der Waals surface area contributed by atoms with Crippen molar-refractivity contribution in [2.75, 3.05) is 39.7 Å². The number of methoxy groups -OCH3 is 2. The molecule has 7 heteroatoms. The molecule has 0 radical (unpaired) electrons. The standard InChI is InChI=1S/C17H21N3O3S/c1-18-17-19-14(10-24-17)16(21)20-7-6-11(9-20)13-8-12(22-2)4-5-15(13)23-3/h4-5,8,10-11H,6-7,9H2,1-3H3,(H,18,19). The molecule has 24 heavy (non-hydrogen) atoms. The third kappa shape index (κ3) is 3.17. The second kappa shape index (κ2) is 7.09. The maximum absolute atomic E-state index is 12.6. The van der Waals surface area contributed by atoms with Gasteiger partial charge in [0.05, 0.1) is 14.2 Å². The highest BCUT2D eigenvalue weighted by molar-refractivity contribution is 7.13. The molecular formula is C17H21N3O3S. The van der Waals surface area contributed by atoms with Crippen LogP contribution in [0.4, 0.5) is 5.13 Å². The molecule has 1 saturated heterocycles. The number of likely N-dealkylation sites (tertiary alicyclic amines) is 1. The van der Waals surface area contributed by atoms with E-state index in [4.69, 9.17) is 9.47 Å². The fraction of sp³-hybridized carbons (Fsp3) is 0.412. The topological polar surface area (TPSA) is 63.7 Å². The van der Waals surface area contributed by atoms with Gasteiger partial charge < -0.3 is 19.7 Å². The molecule has 2 heterocycles. The van der Waals surface area contributed by atoms with E-state index >= 15 is 0 Å². The first kappa shape index (κ1) is 16.6. The molecule has 6 nitrogen and oxygen atoms in total. The minimum atomic E-state index is -0.0166. The molecule has 0 saturated carbocycles. The fourth-order valence-electron chi connectivity index (χ4n) is 3.01. The number of carbonyl (C=O) groups excluding carboxylic acids is 1. The Bertz CT molecular complexity index is 732. The van der Waals surface area contributed by atoms with Crippen molar-refractivity contribution < 1.29 is 14.3 Å². The Morgan fingerprint density at radius 2 is 2.21 bits per heavy atom. The number of thiazole rings is 1. The summed E-state index contributed by atoms with van der Waals surface area (Å²) in [4.78, 5) is 18.8. The Hall–Kier alpha value is -2.28. The molecule has 3 rings (SSSR count). The minimum Gasteiger partial charge on any atom is -0.497 e. The van der Waals surface area contributed by atoms with Crippen molar-refractivity contribution in [3.05, 3.63) is 34.8 Å². The summed E-state index contributed by atoms with van der Waals surface area (Å²) in [6.45, 7) is 1.38. The van der Waals surface area contributed by atoms with Crippen LogP contribution in [0.25, 0.3) is 0 Å². The van der Waals surface area contributed by atoms with E-state index in [-0.39, 0.29) is 11.8 Å². The highest BCUT2D eigenvalue weighted by Crippen LogP contribution is 2.36. The minimum absolute atomic E-state index is 0.0166. The lowest BCUT2D eigenvalue weighted by Crippen LogP contribution is -2.28. The van der Waals surface area contributed by atoms with Crippen LogP contribution < -0.4 is 14.8 Å². The first-order chi connectivity index (χ1) is 11.7. The molecule has 1 aromatic carbocycles. The molecule has 1 aromatic heterocycles. The zero-order valence-electron chi connectivity index (χ0n) is 14.0. The van der Waals surface area contributed by atoms with Gasteiger partial charge in [-0.15, -0.1) is 11.3 Å². The van der Waals surface area contributed by atoms with E-state index in [1.165, 1.54) is 11.3 Å². The van der Waals surface area contributed by atoms with Crippen LogP contribution >= 0.6 is 11.3 Å². The predicted octanol–water partition coefficient (Wildman–Crippen LogP) is 2.83. The molecule has 128 valence electrons. The van der Waals surface area contributed by atoms with Gasteiger partial charge in [0, 0.05) is 37.0 Å². The molecule has 0 aliphatic carbocycles. The summed E-state index contributed by atoms with van der Waals surface area (Å²) < 4.78 is 10.8. The number of amides is 1.